The molecular weight excluding hydrogens is 463 g/mol. The minimum Gasteiger partial charge on any atom is -0.367 e. The molecule has 1 aliphatic rings. The maximum atomic E-state index is 15.0. The number of anilines is 1. The molecule has 1 aromatic heterocycles. The van der Waals surface area contributed by atoms with Gasteiger partial charge in [-0.15, -0.1) is 6.58 Å². The molecule has 1 fully saturated rings. The molecule has 4 rings (SSSR count). The van der Waals surface area contributed by atoms with Gasteiger partial charge in [-0.1, -0.05) is 30.3 Å². The molecule has 0 saturated carbocycles. The van der Waals surface area contributed by atoms with E-state index in [1.165, 1.54) is 24.4 Å². The van der Waals surface area contributed by atoms with Crippen LogP contribution in [-0.4, -0.2) is 33.4 Å². The number of hydrogen-bond acceptors (Lipinski definition) is 4. The zero-order chi connectivity index (χ0) is 24.5. The van der Waals surface area contributed by atoms with Crippen LogP contribution in [0, 0.1) is 17.1 Å². The van der Waals surface area contributed by atoms with Crippen LogP contribution in [0.25, 0.3) is 10.9 Å². The summed E-state index contributed by atoms with van der Waals surface area (Å²) in [6.07, 6.45) is 2.10. The fourth-order valence-corrected chi connectivity index (χ4v) is 5.13. The van der Waals surface area contributed by atoms with Crippen LogP contribution < -0.4 is 10.3 Å². The van der Waals surface area contributed by atoms with Gasteiger partial charge in [-0.25, -0.2) is 13.2 Å². The molecular formula is C25H22F3N3O2S. The first-order valence-corrected chi connectivity index (χ1v) is 12.2. The third kappa shape index (κ3) is 4.64. The highest BCUT2D eigenvalue weighted by atomic mass is 32.2. The van der Waals surface area contributed by atoms with Gasteiger partial charge in [-0.3, -0.25) is 9.00 Å². The number of nitriles is 1. The van der Waals surface area contributed by atoms with Crippen LogP contribution in [0.4, 0.5) is 18.9 Å². The molecule has 3 aromatic rings. The van der Waals surface area contributed by atoms with Gasteiger partial charge in [0.25, 0.3) is 5.92 Å². The molecule has 0 radical (unpaired) electrons. The second kappa shape index (κ2) is 9.47. The molecule has 0 N–H and O–H groups in total. The van der Waals surface area contributed by atoms with E-state index in [2.05, 4.69) is 6.58 Å². The van der Waals surface area contributed by atoms with Gasteiger partial charge < -0.3 is 9.47 Å². The Morgan fingerprint density at radius 1 is 1.18 bits per heavy atom. The van der Waals surface area contributed by atoms with E-state index in [0.29, 0.717) is 41.4 Å². The van der Waals surface area contributed by atoms with Gasteiger partial charge in [-0.05, 0) is 17.7 Å². The van der Waals surface area contributed by atoms with E-state index in [1.807, 2.05) is 6.07 Å². The molecule has 1 saturated heterocycles. The van der Waals surface area contributed by atoms with Crippen molar-refractivity contribution in [1.29, 1.82) is 5.26 Å². The smallest absolute Gasteiger partial charge is 0.276 e. The second-order valence-electron chi connectivity index (χ2n) is 8.16. The number of fused-ring (bicyclic) bond motifs is 1. The maximum absolute atomic E-state index is 15.0. The Morgan fingerprint density at radius 2 is 1.85 bits per heavy atom. The summed E-state index contributed by atoms with van der Waals surface area (Å²) < 4.78 is 56.6. The topological polar surface area (TPSA) is 66.1 Å². The SMILES string of the molecule is C=CCC(F)(F)c1ccc(Cn2cc(C#N)c(=O)c3cc(F)c(N4CCS(=O)CC4)cc32)cc1. The number of allylic oxidation sites excluding steroid dienone is 1. The third-order valence-corrected chi connectivity index (χ3v) is 7.19. The first-order valence-electron chi connectivity index (χ1n) is 10.7. The van der Waals surface area contributed by atoms with Gasteiger partial charge in [0.2, 0.25) is 5.43 Å². The Balaban J connectivity index is 1.77. The average Bonchev–Trinajstić information content (AvgIpc) is 2.81. The van der Waals surface area contributed by atoms with Crippen molar-refractivity contribution in [3.05, 3.63) is 88.0 Å². The Labute approximate surface area is 197 Å². The lowest BCUT2D eigenvalue weighted by Gasteiger charge is -2.29. The van der Waals surface area contributed by atoms with Crippen LogP contribution >= 0.6 is 0 Å². The molecule has 176 valence electrons. The van der Waals surface area contributed by atoms with Crippen LogP contribution in [0.1, 0.15) is 23.1 Å². The fraction of sp³-hybridized carbons (Fsp3) is 0.280. The zero-order valence-corrected chi connectivity index (χ0v) is 19.1. The van der Waals surface area contributed by atoms with E-state index >= 15 is 0 Å². The van der Waals surface area contributed by atoms with Crippen LogP contribution in [0.2, 0.25) is 0 Å². The van der Waals surface area contributed by atoms with Gasteiger partial charge in [0.15, 0.2) is 0 Å². The van der Waals surface area contributed by atoms with Gasteiger partial charge in [0.1, 0.15) is 17.4 Å². The normalized spacial score (nSPS) is 14.8. The summed E-state index contributed by atoms with van der Waals surface area (Å²) >= 11 is 0. The maximum Gasteiger partial charge on any atom is 0.276 e. The zero-order valence-electron chi connectivity index (χ0n) is 18.3. The summed E-state index contributed by atoms with van der Waals surface area (Å²) in [5, 5.41) is 9.48. The lowest BCUT2D eigenvalue weighted by Crippen LogP contribution is -2.38. The van der Waals surface area contributed by atoms with Gasteiger partial charge in [0, 0.05) is 60.1 Å². The van der Waals surface area contributed by atoms with Crippen LogP contribution in [0.5, 0.6) is 0 Å². The second-order valence-corrected chi connectivity index (χ2v) is 9.86. The fourth-order valence-electron chi connectivity index (χ4n) is 4.08. The molecule has 0 atom stereocenters. The Hall–Kier alpha value is -3.38. The first kappa shape index (κ1) is 23.8. The molecule has 0 unspecified atom stereocenters. The van der Waals surface area contributed by atoms with Crippen molar-refractivity contribution in [2.75, 3.05) is 29.5 Å². The van der Waals surface area contributed by atoms with E-state index in [4.69, 9.17) is 0 Å². The summed E-state index contributed by atoms with van der Waals surface area (Å²) in [4.78, 5) is 14.5. The average molecular weight is 486 g/mol. The molecule has 34 heavy (non-hydrogen) atoms. The van der Waals surface area contributed by atoms with Crippen molar-refractivity contribution >= 4 is 27.4 Å². The number of rotatable bonds is 6. The predicted octanol–water partition coefficient (Wildman–Crippen LogP) is 4.30. The predicted molar refractivity (Wildman–Crippen MR) is 127 cm³/mol. The van der Waals surface area contributed by atoms with Crippen LogP contribution in [-0.2, 0) is 23.3 Å². The van der Waals surface area contributed by atoms with E-state index < -0.39 is 34.4 Å². The largest absolute Gasteiger partial charge is 0.367 e. The van der Waals surface area contributed by atoms with Crippen molar-refractivity contribution in [2.45, 2.75) is 18.9 Å². The Morgan fingerprint density at radius 3 is 2.47 bits per heavy atom. The van der Waals surface area contributed by atoms with Crippen molar-refractivity contribution in [2.24, 2.45) is 0 Å². The van der Waals surface area contributed by atoms with Gasteiger partial charge in [-0.2, -0.15) is 5.26 Å². The van der Waals surface area contributed by atoms with Crippen molar-refractivity contribution in [3.63, 3.8) is 0 Å². The highest BCUT2D eigenvalue weighted by Gasteiger charge is 2.29. The summed E-state index contributed by atoms with van der Waals surface area (Å²) in [5.41, 5.74) is 0.548. The molecule has 2 heterocycles. The van der Waals surface area contributed by atoms with E-state index in [9.17, 15) is 27.4 Å². The highest BCUT2D eigenvalue weighted by Crippen LogP contribution is 2.32. The standard InChI is InChI=1S/C25H22F3N3O2S/c1-2-7-25(27,28)19-5-3-17(4-6-19)15-31-16-18(14-29)24(32)20-12-21(26)23(13-22(20)31)30-8-10-34(33)11-9-30/h2-6,12-13,16H,1,7-11,15H2. The molecule has 9 heteroatoms. The van der Waals surface area contributed by atoms with Gasteiger partial charge in [0.05, 0.1) is 16.6 Å². The summed E-state index contributed by atoms with van der Waals surface area (Å²) in [6.45, 7) is 4.41. The summed E-state index contributed by atoms with van der Waals surface area (Å²) in [6, 6.07) is 10.4. The molecule has 0 bridgehead atoms. The van der Waals surface area contributed by atoms with Gasteiger partial charge >= 0.3 is 0 Å². The quantitative estimate of drug-likeness (QED) is 0.489. The lowest BCUT2D eigenvalue weighted by molar-refractivity contribution is -0.000864. The molecule has 2 aromatic carbocycles. The van der Waals surface area contributed by atoms with Crippen LogP contribution in [0.3, 0.4) is 0 Å². The molecule has 5 nitrogen and oxygen atoms in total. The molecule has 0 aliphatic carbocycles. The van der Waals surface area contributed by atoms with E-state index in [1.54, 1.807) is 27.7 Å². The number of aromatic nitrogens is 1. The van der Waals surface area contributed by atoms with Crippen LogP contribution in [0.15, 0.2) is 60.0 Å². The van der Waals surface area contributed by atoms with Crippen molar-refractivity contribution in [1.82, 2.24) is 4.57 Å². The molecule has 0 spiro atoms. The molecule has 1 aliphatic heterocycles. The Bertz CT molecular complexity index is 1370. The van der Waals surface area contributed by atoms with Crippen molar-refractivity contribution < 1.29 is 17.4 Å². The van der Waals surface area contributed by atoms with E-state index in [-0.39, 0.29) is 23.1 Å². The Kier molecular flexibility index (Phi) is 6.62. The monoisotopic (exact) mass is 485 g/mol. The third-order valence-electron chi connectivity index (χ3n) is 5.92. The number of pyridine rings is 1. The number of nitrogens with zero attached hydrogens (tertiary/aromatic N) is 3. The highest BCUT2D eigenvalue weighted by molar-refractivity contribution is 7.85. The lowest BCUT2D eigenvalue weighted by atomic mass is 10.0. The summed E-state index contributed by atoms with van der Waals surface area (Å²) in [7, 11) is -0.932. The minimum atomic E-state index is -3.02. The minimum absolute atomic E-state index is 0.0648. The summed E-state index contributed by atoms with van der Waals surface area (Å²) in [5.74, 6) is -2.75. The number of benzene rings is 2. The van der Waals surface area contributed by atoms with Crippen molar-refractivity contribution in [3.8, 4) is 6.07 Å². The number of alkyl halides is 2. The van der Waals surface area contributed by atoms with E-state index in [0.717, 1.165) is 6.07 Å². The number of halogens is 3. The number of hydrogen-bond donors (Lipinski definition) is 0. The molecule has 0 amide bonds. The first-order chi connectivity index (χ1) is 16.2.